The third-order valence-corrected chi connectivity index (χ3v) is 9.11. The largest absolute Gasteiger partial charge is 0.289 e. The van der Waals surface area contributed by atoms with Crippen LogP contribution in [0.3, 0.4) is 0 Å². The van der Waals surface area contributed by atoms with Gasteiger partial charge in [0.1, 0.15) is 58.5 Å². The van der Waals surface area contributed by atoms with Crippen LogP contribution in [0.15, 0.2) is 24.3 Å². The zero-order valence-corrected chi connectivity index (χ0v) is 28.7. The minimum absolute atomic E-state index is 0.0211. The lowest BCUT2D eigenvalue weighted by Crippen LogP contribution is -2.81. The Labute approximate surface area is 312 Å². The van der Waals surface area contributed by atoms with Crippen LogP contribution in [0.5, 0.6) is 0 Å². The molecular weight excluding hydrogens is 866 g/mol. The van der Waals surface area contributed by atoms with E-state index in [0.717, 1.165) is 0 Å². The predicted octanol–water partition coefficient (Wildman–Crippen LogP) is 7.73. The standard InChI is InChI=1S/C24BF20.C10H12FOS/c26-5-1(6(27)14(35)21(42)13(5)34)25(2-7(28)15(36)22(43)16(37)8(2)29,3-9(30)17(38)23(44)18(39)10(3)31)4-11(32)19(40)24(45)20(41)12(4)33;1-13(2)7-10(12)8-4-3-5-9(11)6-8/h;3-6H,7H2,1-2H3/q-1;+1. The molecule has 0 aliphatic heterocycles. The molecule has 0 fully saturated rings. The summed E-state index contributed by atoms with van der Waals surface area (Å²) < 4.78 is 307. The highest BCUT2D eigenvalue weighted by molar-refractivity contribution is 7.96. The number of carbonyl (C=O) groups is 1. The summed E-state index contributed by atoms with van der Waals surface area (Å²) in [5, 5.41) is 0. The van der Waals surface area contributed by atoms with Gasteiger partial charge >= 0.3 is 0 Å². The molecule has 1 nitrogen and oxygen atoms in total. The van der Waals surface area contributed by atoms with Crippen LogP contribution < -0.4 is 21.9 Å². The number of hydrogen-bond donors (Lipinski definition) is 0. The van der Waals surface area contributed by atoms with Gasteiger partial charge in [-0.05, 0) is 23.0 Å². The Morgan fingerprint density at radius 1 is 0.397 bits per heavy atom. The van der Waals surface area contributed by atoms with E-state index in [0.29, 0.717) is 11.3 Å². The van der Waals surface area contributed by atoms with E-state index in [1.54, 1.807) is 12.1 Å². The van der Waals surface area contributed by atoms with Crippen LogP contribution in [-0.2, 0) is 10.9 Å². The zero-order valence-electron chi connectivity index (χ0n) is 27.8. The Hall–Kier alpha value is -5.29. The van der Waals surface area contributed by atoms with Crippen molar-refractivity contribution in [1.29, 1.82) is 0 Å². The second kappa shape index (κ2) is 16.5. The van der Waals surface area contributed by atoms with Crippen LogP contribution in [0.25, 0.3) is 0 Å². The maximum atomic E-state index is 15.4. The molecule has 0 aliphatic rings. The van der Waals surface area contributed by atoms with Gasteiger partial charge in [0.15, 0.2) is 75.6 Å². The van der Waals surface area contributed by atoms with Gasteiger partial charge < -0.3 is 0 Å². The van der Waals surface area contributed by atoms with E-state index >= 15 is 35.1 Å². The topological polar surface area (TPSA) is 17.1 Å². The fourth-order valence-corrected chi connectivity index (χ4v) is 6.57. The Morgan fingerprint density at radius 2 is 0.621 bits per heavy atom. The van der Waals surface area contributed by atoms with E-state index in [4.69, 9.17) is 0 Å². The first-order chi connectivity index (χ1) is 26.8. The number of halogens is 21. The summed E-state index contributed by atoms with van der Waals surface area (Å²) in [7, 11) is 0.0752. The molecule has 0 N–H and O–H groups in total. The molecule has 310 valence electrons. The Bertz CT molecular complexity index is 2130. The second-order valence-electron chi connectivity index (χ2n) is 11.9. The van der Waals surface area contributed by atoms with Crippen molar-refractivity contribution in [1.82, 2.24) is 0 Å². The van der Waals surface area contributed by atoms with Crippen molar-refractivity contribution in [2.24, 2.45) is 0 Å². The van der Waals surface area contributed by atoms with Crippen molar-refractivity contribution in [2.75, 3.05) is 18.3 Å². The molecule has 0 radical (unpaired) electrons. The smallest absolute Gasteiger partial charge is 0.211 e. The number of rotatable bonds is 7. The van der Waals surface area contributed by atoms with Crippen molar-refractivity contribution in [3.63, 3.8) is 0 Å². The minimum Gasteiger partial charge on any atom is -0.289 e. The Morgan fingerprint density at radius 3 is 0.828 bits per heavy atom. The summed E-state index contributed by atoms with van der Waals surface area (Å²) in [6, 6.07) is 5.84. The Balaban J connectivity index is 0.000000486. The summed E-state index contributed by atoms with van der Waals surface area (Å²) in [5.41, 5.74) is -13.9. The molecule has 0 aromatic heterocycles. The lowest BCUT2D eigenvalue weighted by Gasteiger charge is -2.44. The lowest BCUT2D eigenvalue weighted by atomic mass is 9.12. The van der Waals surface area contributed by atoms with Crippen molar-refractivity contribution in [3.05, 3.63) is 152 Å². The summed E-state index contributed by atoms with van der Waals surface area (Å²) in [4.78, 5) is 11.4. The highest BCUT2D eigenvalue weighted by atomic mass is 32.2. The van der Waals surface area contributed by atoms with Crippen LogP contribution in [0.4, 0.5) is 92.2 Å². The summed E-state index contributed by atoms with van der Waals surface area (Å²) in [6.45, 7) is 0. The van der Waals surface area contributed by atoms with Gasteiger partial charge in [-0.1, -0.05) is 12.1 Å². The molecule has 0 amide bonds. The SMILES string of the molecule is C[S+](C)CC(=O)c1cccc(F)c1.Fc1c(F)c(F)c([B-](c2c(F)c(F)c(F)c(F)c2F)(c2c(F)c(F)c(F)c(F)c2F)c2c(F)c(F)c(F)c(F)c2F)c(F)c1F. The average molecular weight is 878 g/mol. The number of Topliss-reactive ketones (excluding diaryl/α,β-unsaturated/α-hetero) is 1. The second-order valence-corrected chi connectivity index (χ2v) is 14.1. The number of ketones is 1. The van der Waals surface area contributed by atoms with Gasteiger partial charge in [-0.15, -0.1) is 21.9 Å². The minimum atomic E-state index is -7.22. The van der Waals surface area contributed by atoms with Crippen molar-refractivity contribution in [3.8, 4) is 0 Å². The number of hydrogen-bond acceptors (Lipinski definition) is 1. The molecule has 0 spiro atoms. The summed E-state index contributed by atoms with van der Waals surface area (Å²) in [6.07, 6.45) is -3.22. The van der Waals surface area contributed by atoms with E-state index in [2.05, 4.69) is 0 Å². The van der Waals surface area contributed by atoms with Crippen molar-refractivity contribution < 1.29 is 97.0 Å². The first kappa shape index (κ1) is 45.4. The van der Waals surface area contributed by atoms with Crippen LogP contribution in [-0.4, -0.2) is 30.2 Å². The van der Waals surface area contributed by atoms with Crippen LogP contribution in [0.2, 0.25) is 0 Å². The molecule has 0 saturated heterocycles. The first-order valence-corrected chi connectivity index (χ1v) is 17.1. The van der Waals surface area contributed by atoms with Gasteiger partial charge in [0.25, 0.3) is 0 Å². The maximum absolute atomic E-state index is 15.4. The van der Waals surface area contributed by atoms with E-state index in [-0.39, 0.29) is 22.5 Å². The lowest BCUT2D eigenvalue weighted by molar-refractivity contribution is 0.102. The predicted molar refractivity (Wildman–Crippen MR) is 164 cm³/mol. The molecule has 0 bridgehead atoms. The monoisotopic (exact) mass is 878 g/mol. The van der Waals surface area contributed by atoms with E-state index in [1.807, 2.05) is 12.5 Å². The number of carbonyl (C=O) groups excluding carboxylic acids is 1. The van der Waals surface area contributed by atoms with E-state index in [1.165, 1.54) is 12.1 Å². The molecule has 5 aromatic rings. The van der Waals surface area contributed by atoms with E-state index < -0.39 is 144 Å². The zero-order chi connectivity index (χ0) is 44.2. The molecule has 0 saturated carbocycles. The maximum Gasteiger partial charge on any atom is 0.211 e. The van der Waals surface area contributed by atoms with Crippen molar-refractivity contribution >= 4 is 44.7 Å². The van der Waals surface area contributed by atoms with Gasteiger partial charge in [0.2, 0.25) is 5.78 Å². The third kappa shape index (κ3) is 7.12. The normalized spacial score (nSPS) is 11.7. The van der Waals surface area contributed by atoms with Crippen LogP contribution in [0.1, 0.15) is 10.4 Å². The molecule has 0 heterocycles. The fourth-order valence-electron chi connectivity index (χ4n) is 5.88. The summed E-state index contributed by atoms with van der Waals surface area (Å²) in [5.74, 6) is -71.2. The van der Waals surface area contributed by atoms with Gasteiger partial charge in [-0.3, -0.25) is 4.79 Å². The quantitative estimate of drug-likeness (QED) is 0.0409. The molecule has 5 aromatic carbocycles. The first-order valence-electron chi connectivity index (χ1n) is 14.9. The average Bonchev–Trinajstić information content (AvgIpc) is 3.17. The highest BCUT2D eigenvalue weighted by Gasteiger charge is 2.52. The van der Waals surface area contributed by atoms with Crippen molar-refractivity contribution in [2.45, 2.75) is 0 Å². The molecule has 0 aliphatic carbocycles. The molecular formula is C34H12BF21OS. The summed E-state index contributed by atoms with van der Waals surface area (Å²) >= 11 is 0. The fraction of sp³-hybridized carbons (Fsp3) is 0.0882. The number of benzene rings is 5. The Kier molecular flexibility index (Phi) is 12.9. The molecule has 0 atom stereocenters. The van der Waals surface area contributed by atoms with Crippen LogP contribution >= 0.6 is 0 Å². The molecule has 24 heteroatoms. The molecule has 58 heavy (non-hydrogen) atoms. The molecule has 5 rings (SSSR count). The van der Waals surface area contributed by atoms with Gasteiger partial charge in [0, 0.05) is 5.56 Å². The third-order valence-electron chi connectivity index (χ3n) is 8.27. The van der Waals surface area contributed by atoms with Gasteiger partial charge in [-0.25, -0.2) is 92.2 Å². The highest BCUT2D eigenvalue weighted by Crippen LogP contribution is 2.30. The van der Waals surface area contributed by atoms with E-state index in [9.17, 15) is 61.9 Å². The molecule has 0 unspecified atom stereocenters. The van der Waals surface area contributed by atoms with Gasteiger partial charge in [-0.2, -0.15) is 0 Å². The van der Waals surface area contributed by atoms with Crippen LogP contribution in [0, 0.1) is 122 Å². The van der Waals surface area contributed by atoms with Gasteiger partial charge in [0.05, 0.1) is 12.5 Å².